The highest BCUT2D eigenvalue weighted by Gasteiger charge is 2.11. The van der Waals surface area contributed by atoms with Crippen molar-refractivity contribution in [1.29, 1.82) is 0 Å². The van der Waals surface area contributed by atoms with E-state index in [1.165, 1.54) is 6.33 Å². The van der Waals surface area contributed by atoms with Crippen molar-refractivity contribution >= 4 is 50.1 Å². The monoisotopic (exact) mass is 387 g/mol. The number of carbonyl (C=O) groups is 1. The van der Waals surface area contributed by atoms with E-state index in [0.29, 0.717) is 17.2 Å². The molecular formula is C16H14BrN5O2. The quantitative estimate of drug-likeness (QED) is 0.694. The van der Waals surface area contributed by atoms with Gasteiger partial charge in [0.05, 0.1) is 11.7 Å². The average Bonchev–Trinajstić information content (AvgIpc) is 2.54. The van der Waals surface area contributed by atoms with Gasteiger partial charge in [-0.2, -0.15) is 0 Å². The van der Waals surface area contributed by atoms with Crippen molar-refractivity contribution in [2.24, 2.45) is 0 Å². The number of anilines is 3. The maximum atomic E-state index is 10.9. The second kappa shape index (κ2) is 6.79. The molecule has 122 valence electrons. The Balaban J connectivity index is 1.99. The molecule has 0 fully saturated rings. The first-order valence-corrected chi connectivity index (χ1v) is 7.88. The van der Waals surface area contributed by atoms with Crippen LogP contribution in [0.25, 0.3) is 10.9 Å². The molecule has 8 heteroatoms. The minimum Gasteiger partial charge on any atom is -0.480 e. The number of halogens is 1. The van der Waals surface area contributed by atoms with Gasteiger partial charge in [-0.3, -0.25) is 4.79 Å². The summed E-state index contributed by atoms with van der Waals surface area (Å²) in [6.45, 7) is -0.138. The molecule has 0 unspecified atom stereocenters. The van der Waals surface area contributed by atoms with Crippen LogP contribution in [0, 0.1) is 0 Å². The van der Waals surface area contributed by atoms with Crippen LogP contribution >= 0.6 is 15.9 Å². The smallest absolute Gasteiger partial charge is 0.323 e. The lowest BCUT2D eigenvalue weighted by Gasteiger charge is -2.16. The Bertz CT molecular complexity index is 903. The van der Waals surface area contributed by atoms with Crippen LogP contribution < -0.4 is 10.2 Å². The predicted octanol–water partition coefficient (Wildman–Crippen LogP) is 3.05. The molecule has 0 aliphatic carbocycles. The second-order valence-corrected chi connectivity index (χ2v) is 6.08. The Kier molecular flexibility index (Phi) is 4.57. The number of hydrogen-bond donors (Lipinski definition) is 2. The van der Waals surface area contributed by atoms with Crippen molar-refractivity contribution in [2.75, 3.05) is 23.8 Å². The molecule has 0 aliphatic heterocycles. The number of rotatable bonds is 5. The summed E-state index contributed by atoms with van der Waals surface area (Å²) in [5.74, 6) is 0.249. The van der Waals surface area contributed by atoms with E-state index < -0.39 is 5.97 Å². The van der Waals surface area contributed by atoms with E-state index in [-0.39, 0.29) is 6.54 Å². The molecule has 0 saturated carbocycles. The molecule has 0 spiro atoms. The summed E-state index contributed by atoms with van der Waals surface area (Å²) in [7, 11) is 1.67. The average molecular weight is 388 g/mol. The molecule has 24 heavy (non-hydrogen) atoms. The third-order valence-corrected chi connectivity index (χ3v) is 3.85. The third kappa shape index (κ3) is 3.60. The number of benzene rings is 1. The van der Waals surface area contributed by atoms with E-state index in [4.69, 9.17) is 5.11 Å². The standard InChI is InChI=1S/C16H14BrN5O2/c1-22(8-15(23)24)14-6-12-13(7-18-14)19-9-20-16(12)21-11-4-2-3-10(17)5-11/h2-7,9H,8H2,1H3,(H,23,24)(H,19,20,21). The van der Waals surface area contributed by atoms with Gasteiger partial charge in [-0.05, 0) is 24.3 Å². The van der Waals surface area contributed by atoms with Crippen LogP contribution in [0.1, 0.15) is 0 Å². The zero-order valence-electron chi connectivity index (χ0n) is 12.8. The van der Waals surface area contributed by atoms with E-state index in [0.717, 1.165) is 15.5 Å². The first-order chi connectivity index (χ1) is 11.5. The van der Waals surface area contributed by atoms with Gasteiger partial charge in [0.15, 0.2) is 0 Å². The molecule has 3 aromatic rings. The summed E-state index contributed by atoms with van der Waals surface area (Å²) >= 11 is 3.43. The lowest BCUT2D eigenvalue weighted by molar-refractivity contribution is -0.135. The minimum atomic E-state index is -0.920. The molecule has 0 amide bonds. The Morgan fingerprint density at radius 3 is 2.88 bits per heavy atom. The summed E-state index contributed by atoms with van der Waals surface area (Å²) < 4.78 is 0.953. The van der Waals surface area contributed by atoms with E-state index in [1.54, 1.807) is 24.2 Å². The summed E-state index contributed by atoms with van der Waals surface area (Å²) in [6, 6.07) is 9.50. The molecule has 0 aliphatic rings. The Labute approximate surface area is 146 Å². The second-order valence-electron chi connectivity index (χ2n) is 5.17. The fourth-order valence-corrected chi connectivity index (χ4v) is 2.64. The van der Waals surface area contributed by atoms with Crippen molar-refractivity contribution in [3.63, 3.8) is 0 Å². The molecule has 0 atom stereocenters. The lowest BCUT2D eigenvalue weighted by Crippen LogP contribution is -2.25. The highest BCUT2D eigenvalue weighted by Crippen LogP contribution is 2.26. The van der Waals surface area contributed by atoms with Crippen LogP contribution in [0.2, 0.25) is 0 Å². The molecule has 7 nitrogen and oxygen atoms in total. The number of likely N-dealkylation sites (N-methyl/N-ethyl adjacent to an activating group) is 1. The largest absolute Gasteiger partial charge is 0.480 e. The topological polar surface area (TPSA) is 91.2 Å². The predicted molar refractivity (Wildman–Crippen MR) is 95.7 cm³/mol. The zero-order valence-corrected chi connectivity index (χ0v) is 14.4. The fraction of sp³-hybridized carbons (Fsp3) is 0.125. The van der Waals surface area contributed by atoms with Gasteiger partial charge >= 0.3 is 5.97 Å². The molecule has 2 N–H and O–H groups in total. The molecule has 0 bridgehead atoms. The fourth-order valence-electron chi connectivity index (χ4n) is 2.24. The van der Waals surface area contributed by atoms with Crippen molar-refractivity contribution in [3.8, 4) is 0 Å². The Morgan fingerprint density at radius 2 is 2.12 bits per heavy atom. The van der Waals surface area contributed by atoms with Gasteiger partial charge in [-0.1, -0.05) is 22.0 Å². The van der Waals surface area contributed by atoms with Gasteiger partial charge in [0.25, 0.3) is 0 Å². The van der Waals surface area contributed by atoms with E-state index in [9.17, 15) is 4.79 Å². The highest BCUT2D eigenvalue weighted by molar-refractivity contribution is 9.10. The first-order valence-electron chi connectivity index (χ1n) is 7.09. The zero-order chi connectivity index (χ0) is 17.1. The number of nitrogens with zero attached hydrogens (tertiary/aromatic N) is 4. The molecule has 0 saturated heterocycles. The first kappa shape index (κ1) is 16.1. The van der Waals surface area contributed by atoms with Crippen molar-refractivity contribution in [2.45, 2.75) is 0 Å². The van der Waals surface area contributed by atoms with Gasteiger partial charge in [0.1, 0.15) is 24.5 Å². The molecule has 0 radical (unpaired) electrons. The van der Waals surface area contributed by atoms with Crippen molar-refractivity contribution < 1.29 is 9.90 Å². The maximum absolute atomic E-state index is 10.9. The van der Waals surface area contributed by atoms with Crippen LogP contribution in [0.3, 0.4) is 0 Å². The van der Waals surface area contributed by atoms with Crippen LogP contribution in [-0.4, -0.2) is 39.6 Å². The highest BCUT2D eigenvalue weighted by atomic mass is 79.9. The van der Waals surface area contributed by atoms with Gasteiger partial charge in [-0.25, -0.2) is 15.0 Å². The van der Waals surface area contributed by atoms with E-state index in [2.05, 4.69) is 36.2 Å². The van der Waals surface area contributed by atoms with E-state index in [1.807, 2.05) is 24.3 Å². The number of nitrogens with one attached hydrogen (secondary N) is 1. The molecule has 2 aromatic heterocycles. The SMILES string of the molecule is CN(CC(=O)O)c1cc2c(Nc3cccc(Br)c3)ncnc2cn1. The number of carboxylic acid groups (broad SMARTS) is 1. The van der Waals surface area contributed by atoms with Crippen molar-refractivity contribution in [1.82, 2.24) is 15.0 Å². The van der Waals surface area contributed by atoms with Gasteiger partial charge in [-0.15, -0.1) is 0 Å². The molecular weight excluding hydrogens is 374 g/mol. The van der Waals surface area contributed by atoms with Gasteiger partial charge < -0.3 is 15.3 Å². The number of hydrogen-bond acceptors (Lipinski definition) is 6. The summed E-state index contributed by atoms with van der Waals surface area (Å²) in [5, 5.41) is 12.9. The summed E-state index contributed by atoms with van der Waals surface area (Å²) in [4.78, 5) is 25.2. The van der Waals surface area contributed by atoms with Crippen molar-refractivity contribution in [3.05, 3.63) is 47.3 Å². The maximum Gasteiger partial charge on any atom is 0.323 e. The van der Waals surface area contributed by atoms with Crippen LogP contribution in [0.4, 0.5) is 17.3 Å². The van der Waals surface area contributed by atoms with Gasteiger partial charge in [0, 0.05) is 22.6 Å². The van der Waals surface area contributed by atoms with Crippen LogP contribution in [-0.2, 0) is 4.79 Å². The third-order valence-electron chi connectivity index (χ3n) is 3.36. The lowest BCUT2D eigenvalue weighted by atomic mass is 10.2. The normalized spacial score (nSPS) is 10.6. The molecule has 1 aromatic carbocycles. The summed E-state index contributed by atoms with van der Waals surface area (Å²) in [6.07, 6.45) is 3.07. The number of fused-ring (bicyclic) bond motifs is 1. The number of carboxylic acids is 1. The number of aromatic nitrogens is 3. The van der Waals surface area contributed by atoms with Crippen LogP contribution in [0.15, 0.2) is 47.3 Å². The molecule has 2 heterocycles. The van der Waals surface area contributed by atoms with E-state index >= 15 is 0 Å². The number of aliphatic carboxylic acids is 1. The summed E-state index contributed by atoms with van der Waals surface area (Å²) in [5.41, 5.74) is 1.55. The molecule has 3 rings (SSSR count). The van der Waals surface area contributed by atoms with Crippen LogP contribution in [0.5, 0.6) is 0 Å². The van der Waals surface area contributed by atoms with Gasteiger partial charge in [0.2, 0.25) is 0 Å². The Morgan fingerprint density at radius 1 is 1.29 bits per heavy atom. The minimum absolute atomic E-state index is 0.138. The number of pyridine rings is 1. The Hall–Kier alpha value is -2.74.